The molecule has 0 saturated carbocycles. The molecule has 0 radical (unpaired) electrons. The minimum atomic E-state index is -0.0689. The molecule has 0 aliphatic carbocycles. The first-order chi connectivity index (χ1) is 12.2. The third-order valence-electron chi connectivity index (χ3n) is 4.33. The lowest BCUT2D eigenvalue weighted by molar-refractivity contribution is 0.0263. The van der Waals surface area contributed by atoms with Crippen LogP contribution in [0, 0.1) is 0 Å². The number of carbonyl (C=O) groups excluding carboxylic acids is 1. The minimum absolute atomic E-state index is 0.0689. The normalized spacial score (nSPS) is 16.0. The maximum Gasteiger partial charge on any atom is 0.251 e. The maximum atomic E-state index is 11.6. The number of carbonyl (C=O) groups is 1. The molecule has 25 heavy (non-hydrogen) atoms. The Hall–Kier alpha value is -2.08. The number of hydrogen-bond donors (Lipinski definition) is 2. The number of piperidine rings is 1. The number of nitrogens with one attached hydrogen (secondary N) is 2. The third-order valence-corrected chi connectivity index (χ3v) is 4.33. The average Bonchev–Trinajstić information content (AvgIpc) is 2.66. The topological polar surface area (TPSA) is 66.0 Å². The number of amides is 1. The van der Waals surface area contributed by atoms with Crippen LogP contribution in [0.25, 0.3) is 0 Å². The van der Waals surface area contributed by atoms with Crippen molar-refractivity contribution in [1.29, 1.82) is 0 Å². The zero-order valence-corrected chi connectivity index (χ0v) is 15.5. The van der Waals surface area contributed by atoms with Crippen LogP contribution in [0.3, 0.4) is 0 Å². The largest absolute Gasteiger partial charge is 0.378 e. The minimum Gasteiger partial charge on any atom is -0.378 e. The van der Waals surface area contributed by atoms with Crippen molar-refractivity contribution in [3.8, 4) is 0 Å². The third kappa shape index (κ3) is 5.74. The van der Waals surface area contributed by atoms with E-state index in [0.717, 1.165) is 50.6 Å². The van der Waals surface area contributed by atoms with Crippen LogP contribution >= 0.6 is 0 Å². The van der Waals surface area contributed by atoms with Crippen molar-refractivity contribution in [3.63, 3.8) is 0 Å². The Morgan fingerprint density at radius 1 is 1.24 bits per heavy atom. The molecular formula is C19H30N4O2. The zero-order valence-electron chi connectivity index (χ0n) is 15.5. The molecule has 1 heterocycles. The van der Waals surface area contributed by atoms with Crippen LogP contribution in [0.1, 0.15) is 42.6 Å². The number of rotatable bonds is 6. The first kappa shape index (κ1) is 19.2. The molecule has 6 heteroatoms. The summed E-state index contributed by atoms with van der Waals surface area (Å²) in [6.45, 7) is 8.29. The predicted molar refractivity (Wildman–Crippen MR) is 101 cm³/mol. The number of guanidine groups is 1. The van der Waals surface area contributed by atoms with Crippen LogP contribution < -0.4 is 10.6 Å². The van der Waals surface area contributed by atoms with Gasteiger partial charge in [0, 0.05) is 38.9 Å². The van der Waals surface area contributed by atoms with Gasteiger partial charge in [-0.15, -0.1) is 0 Å². The van der Waals surface area contributed by atoms with Crippen molar-refractivity contribution in [2.75, 3.05) is 33.3 Å². The monoisotopic (exact) mass is 346 g/mol. The average molecular weight is 346 g/mol. The number of aliphatic imine (C=N–C) groups is 1. The van der Waals surface area contributed by atoms with Gasteiger partial charge in [-0.25, -0.2) is 4.99 Å². The molecule has 2 N–H and O–H groups in total. The lowest BCUT2D eigenvalue weighted by Gasteiger charge is -2.34. The summed E-state index contributed by atoms with van der Waals surface area (Å²) in [5.41, 5.74) is 1.76. The van der Waals surface area contributed by atoms with Gasteiger partial charge in [0.25, 0.3) is 5.91 Å². The SMILES string of the molecule is CCNC(=NCc1ccc(C(=O)NC)cc1)N1CCC(OCC)CC1. The van der Waals surface area contributed by atoms with Crippen LogP contribution in [0.2, 0.25) is 0 Å². The molecule has 0 unspecified atom stereocenters. The van der Waals surface area contributed by atoms with E-state index in [1.165, 1.54) is 0 Å². The molecule has 1 aromatic rings. The molecule has 0 bridgehead atoms. The summed E-state index contributed by atoms with van der Waals surface area (Å²) in [6, 6.07) is 7.59. The number of ether oxygens (including phenoxy) is 1. The van der Waals surface area contributed by atoms with E-state index in [0.29, 0.717) is 18.2 Å². The van der Waals surface area contributed by atoms with E-state index in [9.17, 15) is 4.79 Å². The van der Waals surface area contributed by atoms with Gasteiger partial charge in [-0.05, 0) is 44.4 Å². The second-order valence-corrected chi connectivity index (χ2v) is 6.09. The Morgan fingerprint density at radius 2 is 1.92 bits per heavy atom. The molecule has 138 valence electrons. The highest BCUT2D eigenvalue weighted by molar-refractivity contribution is 5.93. The van der Waals surface area contributed by atoms with Crippen LogP contribution in [0.5, 0.6) is 0 Å². The lowest BCUT2D eigenvalue weighted by atomic mass is 10.1. The smallest absolute Gasteiger partial charge is 0.251 e. The van der Waals surface area contributed by atoms with Crippen LogP contribution in [-0.4, -0.2) is 56.2 Å². The first-order valence-electron chi connectivity index (χ1n) is 9.13. The lowest BCUT2D eigenvalue weighted by Crippen LogP contribution is -2.47. The zero-order chi connectivity index (χ0) is 18.1. The van der Waals surface area contributed by atoms with Gasteiger partial charge >= 0.3 is 0 Å². The summed E-state index contributed by atoms with van der Waals surface area (Å²) >= 11 is 0. The van der Waals surface area contributed by atoms with Gasteiger partial charge in [-0.2, -0.15) is 0 Å². The second-order valence-electron chi connectivity index (χ2n) is 6.09. The molecule has 1 aliphatic rings. The molecule has 0 atom stereocenters. The Bertz CT molecular complexity index is 563. The van der Waals surface area contributed by atoms with Gasteiger partial charge in [0.05, 0.1) is 12.6 Å². The Labute approximate surface area is 150 Å². The molecule has 0 aromatic heterocycles. The van der Waals surface area contributed by atoms with E-state index in [4.69, 9.17) is 9.73 Å². The predicted octanol–water partition coefficient (Wildman–Crippen LogP) is 2.01. The van der Waals surface area contributed by atoms with E-state index >= 15 is 0 Å². The fourth-order valence-corrected chi connectivity index (χ4v) is 2.97. The Balaban J connectivity index is 1.96. The number of likely N-dealkylation sites (tertiary alicyclic amines) is 1. The molecular weight excluding hydrogens is 316 g/mol. The van der Waals surface area contributed by atoms with Gasteiger partial charge in [0.15, 0.2) is 5.96 Å². The van der Waals surface area contributed by atoms with Gasteiger partial charge in [0.1, 0.15) is 0 Å². The Kier molecular flexibility index (Phi) is 7.73. The van der Waals surface area contributed by atoms with Crippen LogP contribution in [-0.2, 0) is 11.3 Å². The number of nitrogens with zero attached hydrogens (tertiary/aromatic N) is 2. The highest BCUT2D eigenvalue weighted by Crippen LogP contribution is 2.14. The van der Waals surface area contributed by atoms with E-state index in [1.807, 2.05) is 31.2 Å². The van der Waals surface area contributed by atoms with E-state index in [1.54, 1.807) is 7.05 Å². The van der Waals surface area contributed by atoms with Crippen molar-refractivity contribution < 1.29 is 9.53 Å². The summed E-state index contributed by atoms with van der Waals surface area (Å²) in [7, 11) is 1.64. The highest BCUT2D eigenvalue weighted by Gasteiger charge is 2.21. The highest BCUT2D eigenvalue weighted by atomic mass is 16.5. The van der Waals surface area contributed by atoms with Crippen molar-refractivity contribution in [2.45, 2.75) is 39.3 Å². The summed E-state index contributed by atoms with van der Waals surface area (Å²) in [5.74, 6) is 0.883. The van der Waals surface area contributed by atoms with E-state index in [2.05, 4.69) is 22.5 Å². The van der Waals surface area contributed by atoms with Crippen molar-refractivity contribution >= 4 is 11.9 Å². The molecule has 6 nitrogen and oxygen atoms in total. The van der Waals surface area contributed by atoms with Crippen molar-refractivity contribution in [2.24, 2.45) is 4.99 Å². The second kappa shape index (κ2) is 10.0. The van der Waals surface area contributed by atoms with Crippen molar-refractivity contribution in [1.82, 2.24) is 15.5 Å². The quantitative estimate of drug-likeness (QED) is 0.611. The van der Waals surface area contributed by atoms with E-state index in [-0.39, 0.29) is 5.91 Å². The molecule has 1 saturated heterocycles. The van der Waals surface area contributed by atoms with Gasteiger partial charge in [-0.3, -0.25) is 4.79 Å². The van der Waals surface area contributed by atoms with Gasteiger partial charge < -0.3 is 20.3 Å². The van der Waals surface area contributed by atoms with Crippen LogP contribution in [0.4, 0.5) is 0 Å². The fraction of sp³-hybridized carbons (Fsp3) is 0.579. The summed E-state index contributed by atoms with van der Waals surface area (Å²) in [4.78, 5) is 18.7. The molecule has 1 amide bonds. The maximum absolute atomic E-state index is 11.6. The standard InChI is InChI=1S/C19H30N4O2/c1-4-21-19(23-12-10-17(11-13-23)25-5-2)22-14-15-6-8-16(9-7-15)18(24)20-3/h6-9,17H,4-5,10-14H2,1-3H3,(H,20,24)(H,21,22). The number of benzene rings is 1. The summed E-state index contributed by atoms with van der Waals surface area (Å²) < 4.78 is 5.72. The summed E-state index contributed by atoms with van der Waals surface area (Å²) in [6.07, 6.45) is 2.46. The Morgan fingerprint density at radius 3 is 2.48 bits per heavy atom. The molecule has 0 spiro atoms. The van der Waals surface area contributed by atoms with Gasteiger partial charge in [0.2, 0.25) is 0 Å². The van der Waals surface area contributed by atoms with Crippen molar-refractivity contribution in [3.05, 3.63) is 35.4 Å². The molecule has 1 aliphatic heterocycles. The molecule has 2 rings (SSSR count). The molecule has 1 aromatic carbocycles. The number of hydrogen-bond acceptors (Lipinski definition) is 3. The van der Waals surface area contributed by atoms with Crippen LogP contribution in [0.15, 0.2) is 29.3 Å². The van der Waals surface area contributed by atoms with E-state index < -0.39 is 0 Å². The first-order valence-corrected chi connectivity index (χ1v) is 9.13. The fourth-order valence-electron chi connectivity index (χ4n) is 2.97. The van der Waals surface area contributed by atoms with Gasteiger partial charge in [-0.1, -0.05) is 12.1 Å². The summed E-state index contributed by atoms with van der Waals surface area (Å²) in [5, 5.41) is 6.01. The molecule has 1 fully saturated rings.